The number of ketones is 1. The number of benzene rings is 1. The molecule has 150 valence electrons. The summed E-state index contributed by atoms with van der Waals surface area (Å²) in [6, 6.07) is 4.84. The number of alkyl halides is 3. The Morgan fingerprint density at radius 3 is 2.54 bits per heavy atom. The Morgan fingerprint density at radius 2 is 1.93 bits per heavy atom. The van der Waals surface area contributed by atoms with E-state index in [1.807, 2.05) is 0 Å². The smallest absolute Gasteiger partial charge is 0.280 e. The van der Waals surface area contributed by atoms with Gasteiger partial charge >= 0.3 is 0 Å². The Balaban J connectivity index is 2.01. The van der Waals surface area contributed by atoms with Gasteiger partial charge in [0.15, 0.2) is 11.2 Å². The largest absolute Gasteiger partial charge is 0.385 e. The van der Waals surface area contributed by atoms with Crippen LogP contribution in [0.15, 0.2) is 33.8 Å². The summed E-state index contributed by atoms with van der Waals surface area (Å²) in [5, 5.41) is 3.61. The average Bonchev–Trinajstić information content (AvgIpc) is 3.01. The molecule has 28 heavy (non-hydrogen) atoms. The van der Waals surface area contributed by atoms with E-state index in [9.17, 15) is 22.4 Å². The summed E-state index contributed by atoms with van der Waals surface area (Å²) in [5.41, 5.74) is 0.949. The van der Waals surface area contributed by atoms with Crippen LogP contribution < -0.4 is 5.73 Å². The number of nitrogens with zero attached hydrogens (tertiary/aromatic N) is 2. The second-order valence-corrected chi connectivity index (χ2v) is 7.39. The lowest BCUT2D eigenvalue weighted by Crippen LogP contribution is -2.56. The predicted octanol–water partition coefficient (Wildman–Crippen LogP) is 3.89. The van der Waals surface area contributed by atoms with Gasteiger partial charge in [0.05, 0.1) is 12.1 Å². The summed E-state index contributed by atoms with van der Waals surface area (Å²) in [6.07, 6.45) is -1.45. The monoisotopic (exact) mass is 397 g/mol. The first-order chi connectivity index (χ1) is 12.9. The van der Waals surface area contributed by atoms with Crippen LogP contribution >= 0.6 is 0 Å². The van der Waals surface area contributed by atoms with Crippen LogP contribution in [0.4, 0.5) is 17.6 Å². The highest BCUT2D eigenvalue weighted by molar-refractivity contribution is 5.95. The van der Waals surface area contributed by atoms with E-state index in [4.69, 9.17) is 10.3 Å². The molecule has 2 heterocycles. The molecule has 1 aromatic carbocycles. The van der Waals surface area contributed by atoms with Gasteiger partial charge in [0.1, 0.15) is 11.7 Å². The fourth-order valence-electron chi connectivity index (χ4n) is 3.20. The number of halogens is 4. The summed E-state index contributed by atoms with van der Waals surface area (Å²) in [6.45, 7) is 3.55. The summed E-state index contributed by atoms with van der Waals surface area (Å²) in [5.74, 6) is -5.72. The van der Waals surface area contributed by atoms with Gasteiger partial charge in [0.2, 0.25) is 11.5 Å². The number of aliphatic imine (C=N–C) groups is 1. The van der Waals surface area contributed by atoms with Gasteiger partial charge in [-0.05, 0) is 38.5 Å². The van der Waals surface area contributed by atoms with Crippen LogP contribution in [-0.4, -0.2) is 28.4 Å². The summed E-state index contributed by atoms with van der Waals surface area (Å²) in [4.78, 5) is 15.9. The minimum atomic E-state index is -3.70. The molecule has 9 heteroatoms. The van der Waals surface area contributed by atoms with Crippen molar-refractivity contribution in [2.24, 2.45) is 10.7 Å². The minimum Gasteiger partial charge on any atom is -0.385 e. The van der Waals surface area contributed by atoms with Crippen LogP contribution in [0.1, 0.15) is 47.6 Å². The Hall–Kier alpha value is -2.71. The fraction of sp³-hybridized carbons (Fsp3) is 0.421. The lowest BCUT2D eigenvalue weighted by atomic mass is 9.77. The normalized spacial score (nSPS) is 26.8. The first kappa shape index (κ1) is 20.0. The van der Waals surface area contributed by atoms with Crippen molar-refractivity contribution in [3.63, 3.8) is 0 Å². The second-order valence-electron chi connectivity index (χ2n) is 7.39. The number of carbonyl (C=O) groups is 1. The van der Waals surface area contributed by atoms with E-state index < -0.39 is 46.6 Å². The van der Waals surface area contributed by atoms with E-state index in [1.165, 1.54) is 12.1 Å². The van der Waals surface area contributed by atoms with Crippen LogP contribution in [0.2, 0.25) is 0 Å². The van der Waals surface area contributed by atoms with Gasteiger partial charge in [-0.3, -0.25) is 9.79 Å². The van der Waals surface area contributed by atoms with Crippen molar-refractivity contribution in [2.75, 3.05) is 0 Å². The number of carbonyl (C=O) groups excluding carboxylic acids is 1. The van der Waals surface area contributed by atoms with Crippen molar-refractivity contribution in [2.45, 2.75) is 50.7 Å². The van der Waals surface area contributed by atoms with Crippen LogP contribution in [0, 0.1) is 12.7 Å². The number of nitrogens with two attached hydrogens (primary N) is 1. The van der Waals surface area contributed by atoms with Crippen LogP contribution in [0.5, 0.6) is 0 Å². The molecule has 2 N–H and O–H groups in total. The standard InChI is InChI=1S/C19H19F4N3O2/c1-10-6-15(28-26-10)14(27)8-11-4-5-13(20)12(7-11)18(3)19(22,23)9-17(2,21)16(24)25-18/h4-7H,8-9H2,1-3H3,(H2,24,25)/t17-,18-/m1/s1. The molecule has 1 aliphatic rings. The van der Waals surface area contributed by atoms with Crippen molar-refractivity contribution in [1.29, 1.82) is 0 Å². The maximum absolute atomic E-state index is 14.8. The van der Waals surface area contributed by atoms with Gasteiger partial charge < -0.3 is 10.3 Å². The molecule has 0 spiro atoms. The molecular formula is C19H19F4N3O2. The highest BCUT2D eigenvalue weighted by Gasteiger charge is 2.60. The number of rotatable bonds is 4. The molecule has 0 fully saturated rings. The zero-order chi connectivity index (χ0) is 20.9. The zero-order valence-corrected chi connectivity index (χ0v) is 15.5. The first-order valence-electron chi connectivity index (χ1n) is 8.54. The topological polar surface area (TPSA) is 81.5 Å². The van der Waals surface area contributed by atoms with Gasteiger partial charge in [0.25, 0.3) is 5.92 Å². The molecule has 2 atom stereocenters. The van der Waals surface area contributed by atoms with Gasteiger partial charge in [-0.15, -0.1) is 0 Å². The van der Waals surface area contributed by atoms with E-state index in [0.29, 0.717) is 5.69 Å². The molecule has 3 rings (SSSR count). The molecule has 0 saturated carbocycles. The van der Waals surface area contributed by atoms with Crippen LogP contribution in [0.25, 0.3) is 0 Å². The Morgan fingerprint density at radius 1 is 1.25 bits per heavy atom. The van der Waals surface area contributed by atoms with Crippen LogP contribution in [0.3, 0.4) is 0 Å². The third-order valence-electron chi connectivity index (χ3n) is 4.97. The molecule has 0 aliphatic carbocycles. The number of hydrogen-bond acceptors (Lipinski definition) is 5. The summed E-state index contributed by atoms with van der Waals surface area (Å²) >= 11 is 0. The number of hydrogen-bond donors (Lipinski definition) is 1. The zero-order valence-electron chi connectivity index (χ0n) is 15.5. The molecular weight excluding hydrogens is 378 g/mol. The van der Waals surface area contributed by atoms with Gasteiger partial charge in [-0.2, -0.15) is 0 Å². The lowest BCUT2D eigenvalue weighted by molar-refractivity contribution is -0.106. The minimum absolute atomic E-state index is 0.00745. The second kappa shape index (κ2) is 6.42. The maximum Gasteiger partial charge on any atom is 0.280 e. The molecule has 1 aliphatic heterocycles. The van der Waals surface area contributed by atoms with Gasteiger partial charge in [-0.1, -0.05) is 11.2 Å². The van der Waals surface area contributed by atoms with Gasteiger partial charge in [0, 0.05) is 18.1 Å². The van der Waals surface area contributed by atoms with Crippen molar-refractivity contribution < 1.29 is 26.9 Å². The highest BCUT2D eigenvalue weighted by atomic mass is 19.3. The van der Waals surface area contributed by atoms with E-state index >= 15 is 0 Å². The number of aryl methyl sites for hydroxylation is 1. The van der Waals surface area contributed by atoms with E-state index in [1.54, 1.807) is 6.92 Å². The average molecular weight is 397 g/mol. The number of amidine groups is 1. The molecule has 5 nitrogen and oxygen atoms in total. The SMILES string of the molecule is Cc1cc(C(=O)Cc2ccc(F)c([C@@]3(C)N=C(N)[C@](C)(F)CC3(F)F)c2)on1. The van der Waals surface area contributed by atoms with Gasteiger partial charge in [-0.25, -0.2) is 17.6 Å². The lowest BCUT2D eigenvalue weighted by Gasteiger charge is -2.42. The van der Waals surface area contributed by atoms with E-state index in [2.05, 4.69) is 10.1 Å². The highest BCUT2D eigenvalue weighted by Crippen LogP contribution is 2.50. The Bertz CT molecular complexity index is 968. The quantitative estimate of drug-likeness (QED) is 0.627. The number of Topliss-reactive ketones (excluding diaryl/α,β-unsaturated/α-hetero) is 1. The number of aromatic nitrogens is 1. The third-order valence-corrected chi connectivity index (χ3v) is 4.97. The van der Waals surface area contributed by atoms with Crippen LogP contribution in [-0.2, 0) is 12.0 Å². The van der Waals surface area contributed by atoms with Crippen molar-refractivity contribution >= 4 is 11.6 Å². The molecule has 1 aromatic heterocycles. The molecule has 0 radical (unpaired) electrons. The predicted molar refractivity (Wildman–Crippen MR) is 93.7 cm³/mol. The summed E-state index contributed by atoms with van der Waals surface area (Å²) in [7, 11) is 0. The first-order valence-corrected chi connectivity index (χ1v) is 8.54. The Kier molecular flexibility index (Phi) is 4.60. The van der Waals surface area contributed by atoms with Crippen molar-refractivity contribution in [1.82, 2.24) is 5.16 Å². The third kappa shape index (κ3) is 3.29. The molecule has 0 amide bonds. The fourth-order valence-corrected chi connectivity index (χ4v) is 3.20. The van der Waals surface area contributed by atoms with Crippen molar-refractivity contribution in [3.05, 3.63) is 52.7 Å². The van der Waals surface area contributed by atoms with E-state index in [0.717, 1.165) is 26.0 Å². The molecule has 2 aromatic rings. The molecule has 0 bridgehead atoms. The van der Waals surface area contributed by atoms with Crippen molar-refractivity contribution in [3.8, 4) is 0 Å². The molecule has 0 unspecified atom stereocenters. The van der Waals surface area contributed by atoms with E-state index in [-0.39, 0.29) is 17.7 Å². The maximum atomic E-state index is 14.8. The molecule has 0 saturated heterocycles. The Labute approximate surface area is 158 Å². The summed E-state index contributed by atoms with van der Waals surface area (Å²) < 4.78 is 63.2.